The highest BCUT2D eigenvalue weighted by Crippen LogP contribution is 2.72. The molecule has 232 valence electrons. The van der Waals surface area contributed by atoms with Crippen molar-refractivity contribution in [3.8, 4) is 0 Å². The molecular formula is C37H60O4. The predicted molar refractivity (Wildman–Crippen MR) is 166 cm³/mol. The van der Waals surface area contributed by atoms with E-state index in [1.165, 1.54) is 38.5 Å². The second kappa shape index (κ2) is 11.2. The second-order valence-corrected chi connectivity index (χ2v) is 16.5. The second-order valence-electron chi connectivity index (χ2n) is 16.5. The average molecular weight is 569 g/mol. The third-order valence-corrected chi connectivity index (χ3v) is 14.2. The van der Waals surface area contributed by atoms with Crippen molar-refractivity contribution in [2.45, 2.75) is 131 Å². The van der Waals surface area contributed by atoms with Gasteiger partial charge in [0.1, 0.15) is 0 Å². The van der Waals surface area contributed by atoms with Crippen LogP contribution in [0.5, 0.6) is 0 Å². The van der Waals surface area contributed by atoms with E-state index in [4.69, 9.17) is 4.74 Å². The molecule has 0 aromatic carbocycles. The molecular weight excluding hydrogens is 508 g/mol. The summed E-state index contributed by atoms with van der Waals surface area (Å²) in [5.41, 5.74) is 1.14. The van der Waals surface area contributed by atoms with Crippen LogP contribution in [-0.2, 0) is 9.53 Å². The van der Waals surface area contributed by atoms with Gasteiger partial charge in [-0.25, -0.2) is 0 Å². The van der Waals surface area contributed by atoms with Gasteiger partial charge in [-0.3, -0.25) is 4.79 Å². The lowest BCUT2D eigenvalue weighted by Crippen LogP contribution is -2.68. The minimum Gasteiger partial charge on any atom is -0.392 e. The molecule has 3 saturated carbocycles. The standard InChI is InChI=1S/C37H60O4/c1-21-13-15-26(17-29(21)41-9)11-10-12-27-16-14-22(2)31-28(27)19-35(6)20-36(7)18-23(3)30(25(5)38)34(40)37(36,8)24(4)32(35)33(31)39/h14,16,21-22,24,26-29,31-34,39-40H,10-13,15,17-20H2,1-9H3. The number of carbonyl (C=O) groups is 1. The molecule has 0 aromatic heterocycles. The Bertz CT molecular complexity index is 1060. The Morgan fingerprint density at radius 3 is 2.44 bits per heavy atom. The van der Waals surface area contributed by atoms with Crippen LogP contribution in [0.2, 0.25) is 0 Å². The Kier molecular flexibility index (Phi) is 8.58. The third-order valence-electron chi connectivity index (χ3n) is 14.2. The normalized spacial score (nSPS) is 51.5. The molecule has 5 aliphatic rings. The number of Topliss-reactive ketones (excluding diaryl/α,β-unsaturated/α-hetero) is 1. The highest BCUT2D eigenvalue weighted by molar-refractivity contribution is 5.95. The maximum atomic E-state index is 12.7. The van der Waals surface area contributed by atoms with Crippen molar-refractivity contribution < 1.29 is 19.7 Å². The number of carbonyl (C=O) groups excluding carboxylic acids is 1. The van der Waals surface area contributed by atoms with Gasteiger partial charge < -0.3 is 14.9 Å². The maximum absolute atomic E-state index is 12.7. The van der Waals surface area contributed by atoms with Crippen LogP contribution in [0, 0.1) is 63.6 Å². The van der Waals surface area contributed by atoms with Gasteiger partial charge in [0.25, 0.3) is 0 Å². The molecule has 0 aliphatic heterocycles. The highest BCUT2D eigenvalue weighted by atomic mass is 16.5. The van der Waals surface area contributed by atoms with E-state index >= 15 is 0 Å². The number of hydrogen-bond acceptors (Lipinski definition) is 4. The lowest BCUT2D eigenvalue weighted by molar-refractivity contribution is -0.238. The third kappa shape index (κ3) is 4.95. The molecule has 0 spiro atoms. The van der Waals surface area contributed by atoms with Gasteiger partial charge >= 0.3 is 0 Å². The zero-order valence-corrected chi connectivity index (χ0v) is 27.6. The van der Waals surface area contributed by atoms with Gasteiger partial charge in [-0.05, 0) is 111 Å². The van der Waals surface area contributed by atoms with Crippen molar-refractivity contribution in [1.29, 1.82) is 0 Å². The quantitative estimate of drug-likeness (QED) is 0.321. The van der Waals surface area contributed by atoms with Gasteiger partial charge in [-0.15, -0.1) is 0 Å². The Balaban J connectivity index is 1.38. The van der Waals surface area contributed by atoms with Gasteiger partial charge in [0.15, 0.2) is 5.78 Å². The molecule has 0 radical (unpaired) electrons. The molecule has 0 amide bonds. The van der Waals surface area contributed by atoms with E-state index in [0.717, 1.165) is 30.8 Å². The van der Waals surface area contributed by atoms with Crippen molar-refractivity contribution in [1.82, 2.24) is 0 Å². The predicted octanol–water partition coefficient (Wildman–Crippen LogP) is 7.77. The van der Waals surface area contributed by atoms with E-state index in [0.29, 0.717) is 35.3 Å². The Labute approximate surface area is 250 Å². The molecule has 41 heavy (non-hydrogen) atoms. The van der Waals surface area contributed by atoms with Crippen LogP contribution in [0.4, 0.5) is 0 Å². The zero-order valence-electron chi connectivity index (χ0n) is 27.6. The molecule has 0 heterocycles. The smallest absolute Gasteiger partial charge is 0.158 e. The number of fused-ring (bicyclic) bond motifs is 3. The van der Waals surface area contributed by atoms with Crippen LogP contribution in [-0.4, -0.2) is 41.4 Å². The van der Waals surface area contributed by atoms with E-state index in [9.17, 15) is 15.0 Å². The molecule has 4 nitrogen and oxygen atoms in total. The summed E-state index contributed by atoms with van der Waals surface area (Å²) in [5, 5.41) is 24.2. The number of ketones is 1. The fraction of sp³-hybridized carbons (Fsp3) is 0.865. The minimum atomic E-state index is -0.778. The number of allylic oxidation sites excluding steroid dienone is 3. The number of methoxy groups -OCH3 is 1. The van der Waals surface area contributed by atoms with Crippen molar-refractivity contribution in [2.24, 2.45) is 63.6 Å². The first-order valence-electron chi connectivity index (χ1n) is 17.0. The summed E-state index contributed by atoms with van der Waals surface area (Å²) < 4.78 is 5.80. The van der Waals surface area contributed by atoms with E-state index in [2.05, 4.69) is 60.6 Å². The topological polar surface area (TPSA) is 66.8 Å². The first kappa shape index (κ1) is 31.5. The fourth-order valence-corrected chi connectivity index (χ4v) is 12.0. The van der Waals surface area contributed by atoms with E-state index in [-0.39, 0.29) is 40.5 Å². The van der Waals surface area contributed by atoms with Crippen LogP contribution in [0.3, 0.4) is 0 Å². The van der Waals surface area contributed by atoms with Gasteiger partial charge in [0.05, 0.1) is 18.3 Å². The lowest BCUT2D eigenvalue weighted by atomic mass is 9.35. The maximum Gasteiger partial charge on any atom is 0.158 e. The van der Waals surface area contributed by atoms with Gasteiger partial charge in [0, 0.05) is 18.1 Å². The summed E-state index contributed by atoms with van der Waals surface area (Å²) in [4.78, 5) is 12.7. The molecule has 4 heteroatoms. The molecule has 3 fully saturated rings. The van der Waals surface area contributed by atoms with E-state index in [1.807, 2.05) is 7.11 Å². The van der Waals surface area contributed by atoms with Crippen molar-refractivity contribution >= 4 is 5.78 Å². The molecule has 0 saturated heterocycles. The SMILES string of the molecule is COC1CC(CCCC2C=CC(C)C3C(O)C4C(C)C5(C)C(O)C(C(C)=O)=C(C)CC5(C)CC4(C)CC23)CCC1C. The van der Waals surface area contributed by atoms with E-state index < -0.39 is 11.5 Å². The molecule has 5 rings (SSSR count). The van der Waals surface area contributed by atoms with Crippen LogP contribution in [0.15, 0.2) is 23.3 Å². The highest BCUT2D eigenvalue weighted by Gasteiger charge is 2.68. The van der Waals surface area contributed by atoms with Crippen LogP contribution in [0.25, 0.3) is 0 Å². The number of ether oxygens (including phenoxy) is 1. The Morgan fingerprint density at radius 1 is 1.07 bits per heavy atom. The lowest BCUT2D eigenvalue weighted by Gasteiger charge is -2.70. The van der Waals surface area contributed by atoms with Crippen molar-refractivity contribution in [3.63, 3.8) is 0 Å². The Hall–Kier alpha value is -0.970. The number of hydrogen-bond donors (Lipinski definition) is 2. The van der Waals surface area contributed by atoms with Crippen LogP contribution in [0.1, 0.15) is 113 Å². The van der Waals surface area contributed by atoms with Crippen LogP contribution < -0.4 is 0 Å². The van der Waals surface area contributed by atoms with E-state index in [1.54, 1.807) is 6.92 Å². The summed E-state index contributed by atoms with van der Waals surface area (Å²) >= 11 is 0. The summed E-state index contributed by atoms with van der Waals surface area (Å²) in [6.45, 7) is 17.6. The fourth-order valence-electron chi connectivity index (χ4n) is 12.0. The number of aliphatic hydroxyl groups is 2. The number of aliphatic hydroxyl groups excluding tert-OH is 2. The summed E-state index contributed by atoms with van der Waals surface area (Å²) in [6, 6.07) is 0. The average Bonchev–Trinajstić information content (AvgIpc) is 2.88. The van der Waals surface area contributed by atoms with Gasteiger partial charge in [0.2, 0.25) is 0 Å². The molecule has 5 aliphatic carbocycles. The van der Waals surface area contributed by atoms with Crippen LogP contribution >= 0.6 is 0 Å². The van der Waals surface area contributed by atoms with Gasteiger partial charge in [-0.1, -0.05) is 78.5 Å². The first-order chi connectivity index (χ1) is 19.2. The molecule has 2 N–H and O–H groups in total. The number of rotatable bonds is 6. The summed E-state index contributed by atoms with van der Waals surface area (Å²) in [7, 11) is 1.88. The summed E-state index contributed by atoms with van der Waals surface area (Å²) in [6.07, 6.45) is 14.8. The molecule has 14 unspecified atom stereocenters. The summed E-state index contributed by atoms with van der Waals surface area (Å²) in [5.74, 6) is 3.34. The molecule has 0 bridgehead atoms. The van der Waals surface area contributed by atoms with Crippen molar-refractivity contribution in [2.75, 3.05) is 7.11 Å². The Morgan fingerprint density at radius 2 is 1.78 bits per heavy atom. The molecule has 0 aromatic rings. The molecule has 14 atom stereocenters. The monoisotopic (exact) mass is 568 g/mol. The largest absolute Gasteiger partial charge is 0.392 e. The van der Waals surface area contributed by atoms with Gasteiger partial charge in [-0.2, -0.15) is 0 Å². The first-order valence-corrected chi connectivity index (χ1v) is 17.0. The van der Waals surface area contributed by atoms with Crippen molar-refractivity contribution in [3.05, 3.63) is 23.3 Å². The zero-order chi connectivity index (χ0) is 30.1. The minimum absolute atomic E-state index is 0.00238.